The first-order valence-corrected chi connectivity index (χ1v) is 7.17. The molecule has 1 atom stereocenters. The van der Waals surface area contributed by atoms with Crippen LogP contribution >= 0.6 is 15.9 Å². The smallest absolute Gasteiger partial charge is 0.270 e. The standard InChI is InChI=1S/C13H17BrN2O3/c14-13-7-12(16(17)18)2-1-11(13)8-15-5-3-10-4-6-19-9-10/h1-2,7,10,15H,3-6,8-9H2. The van der Waals surface area contributed by atoms with E-state index in [1.807, 2.05) is 0 Å². The Hall–Kier alpha value is -0.980. The molecule has 0 radical (unpaired) electrons. The number of nitro groups is 1. The van der Waals surface area contributed by atoms with E-state index >= 15 is 0 Å². The summed E-state index contributed by atoms with van der Waals surface area (Å²) >= 11 is 3.37. The molecule has 1 saturated heterocycles. The lowest BCUT2D eigenvalue weighted by atomic mass is 10.1. The van der Waals surface area contributed by atoms with Crippen LogP contribution in [-0.2, 0) is 11.3 Å². The molecule has 0 bridgehead atoms. The van der Waals surface area contributed by atoms with Crippen LogP contribution in [0, 0.1) is 16.0 Å². The van der Waals surface area contributed by atoms with Gasteiger partial charge in [0.1, 0.15) is 0 Å². The lowest BCUT2D eigenvalue weighted by Crippen LogP contribution is -2.18. The molecule has 0 amide bonds. The highest BCUT2D eigenvalue weighted by atomic mass is 79.9. The van der Waals surface area contributed by atoms with Gasteiger partial charge in [-0.05, 0) is 36.9 Å². The van der Waals surface area contributed by atoms with Crippen molar-refractivity contribution in [3.63, 3.8) is 0 Å². The molecule has 1 aromatic carbocycles. The molecule has 1 unspecified atom stereocenters. The number of nitrogens with zero attached hydrogens (tertiary/aromatic N) is 1. The first-order chi connectivity index (χ1) is 9.16. The fourth-order valence-corrected chi connectivity index (χ4v) is 2.64. The summed E-state index contributed by atoms with van der Waals surface area (Å²) in [6.45, 7) is 3.42. The molecule has 19 heavy (non-hydrogen) atoms. The van der Waals surface area contributed by atoms with Gasteiger partial charge in [-0.3, -0.25) is 10.1 Å². The maximum absolute atomic E-state index is 10.6. The monoisotopic (exact) mass is 328 g/mol. The van der Waals surface area contributed by atoms with Gasteiger partial charge in [-0.2, -0.15) is 0 Å². The van der Waals surface area contributed by atoms with Crippen molar-refractivity contribution >= 4 is 21.6 Å². The zero-order valence-electron chi connectivity index (χ0n) is 10.6. The summed E-state index contributed by atoms with van der Waals surface area (Å²) in [5.74, 6) is 0.674. The van der Waals surface area contributed by atoms with E-state index in [0.29, 0.717) is 12.5 Å². The van der Waals surface area contributed by atoms with E-state index in [9.17, 15) is 10.1 Å². The fraction of sp³-hybridized carbons (Fsp3) is 0.538. The molecule has 1 aliphatic rings. The van der Waals surface area contributed by atoms with Gasteiger partial charge in [0, 0.05) is 36.4 Å². The van der Waals surface area contributed by atoms with E-state index in [2.05, 4.69) is 21.2 Å². The normalized spacial score (nSPS) is 18.7. The number of ether oxygens (including phenoxy) is 1. The summed E-state index contributed by atoms with van der Waals surface area (Å²) < 4.78 is 6.10. The third-order valence-corrected chi connectivity index (χ3v) is 4.05. The number of halogens is 1. The second-order valence-corrected chi connectivity index (χ2v) is 5.58. The van der Waals surface area contributed by atoms with Gasteiger partial charge in [0.25, 0.3) is 5.69 Å². The average molecular weight is 329 g/mol. The molecule has 0 spiro atoms. The van der Waals surface area contributed by atoms with Crippen LogP contribution in [0.1, 0.15) is 18.4 Å². The molecule has 1 fully saturated rings. The molecule has 0 aromatic heterocycles. The molecule has 1 heterocycles. The molecule has 104 valence electrons. The topological polar surface area (TPSA) is 64.4 Å². The third kappa shape index (κ3) is 4.26. The first-order valence-electron chi connectivity index (χ1n) is 6.38. The quantitative estimate of drug-likeness (QED) is 0.495. The predicted molar refractivity (Wildman–Crippen MR) is 76.0 cm³/mol. The lowest BCUT2D eigenvalue weighted by molar-refractivity contribution is -0.384. The number of hydrogen-bond donors (Lipinski definition) is 1. The molecule has 0 saturated carbocycles. The Bertz CT molecular complexity index is 448. The molecule has 2 rings (SSSR count). The van der Waals surface area contributed by atoms with Crippen LogP contribution in [0.4, 0.5) is 5.69 Å². The summed E-state index contributed by atoms with van der Waals surface area (Å²) in [7, 11) is 0. The van der Waals surface area contributed by atoms with E-state index in [4.69, 9.17) is 4.74 Å². The van der Waals surface area contributed by atoms with Crippen LogP contribution in [-0.4, -0.2) is 24.7 Å². The highest BCUT2D eigenvalue weighted by Crippen LogP contribution is 2.23. The number of nitro benzene ring substituents is 1. The summed E-state index contributed by atoms with van der Waals surface area (Å²) in [4.78, 5) is 10.2. The van der Waals surface area contributed by atoms with E-state index in [0.717, 1.165) is 42.6 Å². The van der Waals surface area contributed by atoms with E-state index in [1.165, 1.54) is 6.07 Å². The van der Waals surface area contributed by atoms with Gasteiger partial charge in [0.15, 0.2) is 0 Å². The fourth-order valence-electron chi connectivity index (χ4n) is 2.13. The number of hydrogen-bond acceptors (Lipinski definition) is 4. The van der Waals surface area contributed by atoms with Crippen molar-refractivity contribution in [1.29, 1.82) is 0 Å². The minimum Gasteiger partial charge on any atom is -0.381 e. The largest absolute Gasteiger partial charge is 0.381 e. The van der Waals surface area contributed by atoms with Gasteiger partial charge in [0.05, 0.1) is 4.92 Å². The molecule has 0 aliphatic carbocycles. The summed E-state index contributed by atoms with van der Waals surface area (Å²) in [6, 6.07) is 4.86. The van der Waals surface area contributed by atoms with Crippen LogP contribution in [0.15, 0.2) is 22.7 Å². The van der Waals surface area contributed by atoms with Gasteiger partial charge in [0.2, 0.25) is 0 Å². The second kappa shape index (κ2) is 6.98. The van der Waals surface area contributed by atoms with Crippen molar-refractivity contribution in [2.45, 2.75) is 19.4 Å². The summed E-state index contributed by atoms with van der Waals surface area (Å²) in [5, 5.41) is 14.0. The SMILES string of the molecule is O=[N+]([O-])c1ccc(CNCCC2CCOC2)c(Br)c1. The van der Waals surface area contributed by atoms with E-state index in [-0.39, 0.29) is 10.6 Å². The van der Waals surface area contributed by atoms with Crippen molar-refractivity contribution in [2.75, 3.05) is 19.8 Å². The van der Waals surface area contributed by atoms with Gasteiger partial charge < -0.3 is 10.1 Å². The van der Waals surface area contributed by atoms with Crippen molar-refractivity contribution in [3.8, 4) is 0 Å². The lowest BCUT2D eigenvalue weighted by Gasteiger charge is -2.09. The Balaban J connectivity index is 1.77. The Labute approximate surface area is 120 Å². The van der Waals surface area contributed by atoms with Gasteiger partial charge in [-0.25, -0.2) is 0 Å². The van der Waals surface area contributed by atoms with Crippen LogP contribution in [0.5, 0.6) is 0 Å². The maximum Gasteiger partial charge on any atom is 0.270 e. The zero-order valence-corrected chi connectivity index (χ0v) is 12.2. The molecular weight excluding hydrogens is 312 g/mol. The molecule has 5 nitrogen and oxygen atoms in total. The number of nitrogens with one attached hydrogen (secondary N) is 1. The van der Waals surface area contributed by atoms with E-state index in [1.54, 1.807) is 12.1 Å². The third-order valence-electron chi connectivity index (χ3n) is 3.32. The Morgan fingerprint density at radius 2 is 2.37 bits per heavy atom. The Morgan fingerprint density at radius 3 is 3.00 bits per heavy atom. The Kier molecular flexibility index (Phi) is 5.30. The predicted octanol–water partition coefficient (Wildman–Crippen LogP) is 2.87. The van der Waals surface area contributed by atoms with Crippen molar-refractivity contribution < 1.29 is 9.66 Å². The maximum atomic E-state index is 10.6. The molecule has 1 N–H and O–H groups in total. The van der Waals surface area contributed by atoms with Crippen LogP contribution in [0.3, 0.4) is 0 Å². The summed E-state index contributed by atoms with van der Waals surface area (Å²) in [6.07, 6.45) is 2.27. The van der Waals surface area contributed by atoms with Gasteiger partial charge in [-0.1, -0.05) is 15.9 Å². The minimum absolute atomic E-state index is 0.110. The molecular formula is C13H17BrN2O3. The molecule has 1 aromatic rings. The van der Waals surface area contributed by atoms with E-state index < -0.39 is 0 Å². The molecule has 6 heteroatoms. The van der Waals surface area contributed by atoms with Gasteiger partial charge >= 0.3 is 0 Å². The highest BCUT2D eigenvalue weighted by molar-refractivity contribution is 9.10. The number of non-ortho nitro benzene ring substituents is 1. The van der Waals surface area contributed by atoms with Crippen molar-refractivity contribution in [2.24, 2.45) is 5.92 Å². The number of benzene rings is 1. The minimum atomic E-state index is -0.387. The second-order valence-electron chi connectivity index (χ2n) is 4.73. The van der Waals surface area contributed by atoms with Crippen LogP contribution in [0.25, 0.3) is 0 Å². The van der Waals surface area contributed by atoms with Crippen molar-refractivity contribution in [3.05, 3.63) is 38.3 Å². The average Bonchev–Trinajstić information content (AvgIpc) is 2.89. The van der Waals surface area contributed by atoms with Crippen molar-refractivity contribution in [1.82, 2.24) is 5.32 Å². The zero-order chi connectivity index (χ0) is 13.7. The number of rotatable bonds is 6. The van der Waals surface area contributed by atoms with Crippen LogP contribution in [0.2, 0.25) is 0 Å². The van der Waals surface area contributed by atoms with Gasteiger partial charge in [-0.15, -0.1) is 0 Å². The highest BCUT2D eigenvalue weighted by Gasteiger charge is 2.14. The molecule has 1 aliphatic heterocycles. The summed E-state index contributed by atoms with van der Waals surface area (Å²) in [5.41, 5.74) is 1.15. The Morgan fingerprint density at radius 1 is 1.53 bits per heavy atom. The first kappa shape index (κ1) is 14.4. The van der Waals surface area contributed by atoms with Crippen LogP contribution < -0.4 is 5.32 Å².